The summed E-state index contributed by atoms with van der Waals surface area (Å²) in [5.74, 6) is -0.263. The van der Waals surface area contributed by atoms with Gasteiger partial charge in [-0.3, -0.25) is 4.79 Å². The zero-order valence-electron chi connectivity index (χ0n) is 17.6. The molecule has 1 saturated heterocycles. The van der Waals surface area contributed by atoms with Crippen molar-refractivity contribution in [1.29, 1.82) is 0 Å². The number of thiazole rings is 1. The lowest BCUT2D eigenvalue weighted by molar-refractivity contribution is -0.0440. The van der Waals surface area contributed by atoms with Crippen LogP contribution in [0.4, 0.5) is 0 Å². The lowest BCUT2D eigenvalue weighted by Crippen LogP contribution is -2.48. The Morgan fingerprint density at radius 3 is 2.67 bits per heavy atom. The van der Waals surface area contributed by atoms with Crippen LogP contribution in [0, 0.1) is 6.92 Å². The minimum atomic E-state index is -3.67. The van der Waals surface area contributed by atoms with Gasteiger partial charge in [-0.25, -0.2) is 13.4 Å². The second-order valence-electron chi connectivity index (χ2n) is 7.70. The van der Waals surface area contributed by atoms with Crippen LogP contribution in [0.25, 0.3) is 0 Å². The van der Waals surface area contributed by atoms with E-state index in [9.17, 15) is 13.2 Å². The van der Waals surface area contributed by atoms with Crippen molar-refractivity contribution in [2.24, 2.45) is 0 Å². The van der Waals surface area contributed by atoms with Gasteiger partial charge in [-0.05, 0) is 58.2 Å². The van der Waals surface area contributed by atoms with E-state index in [-0.39, 0.29) is 23.0 Å². The number of amides is 1. The van der Waals surface area contributed by atoms with Gasteiger partial charge in [-0.1, -0.05) is 6.07 Å². The number of carbonyl (C=O) groups is 1. The average Bonchev–Trinajstić information content (AvgIpc) is 3.12. The van der Waals surface area contributed by atoms with Crippen molar-refractivity contribution in [3.8, 4) is 0 Å². The molecule has 1 aliphatic heterocycles. The number of carbonyl (C=O) groups excluding carboxylic acids is 1. The lowest BCUT2D eigenvalue weighted by Gasteiger charge is -2.34. The molecule has 1 N–H and O–H groups in total. The van der Waals surface area contributed by atoms with Gasteiger partial charge in [0.2, 0.25) is 10.0 Å². The molecule has 0 bridgehead atoms. The predicted molar refractivity (Wildman–Crippen MR) is 117 cm³/mol. The monoisotopic (exact) mass is 451 g/mol. The van der Waals surface area contributed by atoms with E-state index in [1.165, 1.54) is 16.4 Å². The van der Waals surface area contributed by atoms with Crippen LogP contribution in [0.5, 0.6) is 0 Å². The number of hydrogen-bond donors (Lipinski definition) is 1. The standard InChI is InChI=1S/C21H29N3O4S2/c1-15-14-29-20(23-15)9-4-5-10-22-21(25)18-7-6-8-19(11-18)30(26,27)24-12-16(2)28-17(3)13-24/h6-8,11,14,16-17H,4-5,9-10,12-13H2,1-3H3,(H,22,25). The van der Waals surface area contributed by atoms with Crippen LogP contribution in [0.3, 0.4) is 0 Å². The van der Waals surface area contributed by atoms with Crippen LogP contribution in [0.2, 0.25) is 0 Å². The van der Waals surface area contributed by atoms with Crippen molar-refractivity contribution in [3.05, 3.63) is 45.9 Å². The van der Waals surface area contributed by atoms with Crippen molar-refractivity contribution in [1.82, 2.24) is 14.6 Å². The third kappa shape index (κ3) is 5.87. The minimum absolute atomic E-state index is 0.135. The molecule has 9 heteroatoms. The van der Waals surface area contributed by atoms with Crippen molar-refractivity contribution in [2.45, 2.75) is 57.1 Å². The molecular formula is C21H29N3O4S2. The van der Waals surface area contributed by atoms with E-state index in [0.29, 0.717) is 25.2 Å². The van der Waals surface area contributed by atoms with Crippen LogP contribution in [0.1, 0.15) is 47.7 Å². The Kier molecular flexibility index (Phi) is 7.62. The van der Waals surface area contributed by atoms with E-state index < -0.39 is 10.0 Å². The smallest absolute Gasteiger partial charge is 0.251 e. The maximum Gasteiger partial charge on any atom is 0.251 e. The highest BCUT2D eigenvalue weighted by Crippen LogP contribution is 2.22. The maximum atomic E-state index is 13.0. The summed E-state index contributed by atoms with van der Waals surface area (Å²) in [5, 5.41) is 6.03. The summed E-state index contributed by atoms with van der Waals surface area (Å²) in [4.78, 5) is 17.1. The number of aryl methyl sites for hydroxylation is 2. The highest BCUT2D eigenvalue weighted by Gasteiger charge is 2.32. The Morgan fingerprint density at radius 1 is 1.27 bits per heavy atom. The molecule has 2 heterocycles. The Balaban J connectivity index is 1.55. The van der Waals surface area contributed by atoms with Crippen molar-refractivity contribution < 1.29 is 17.9 Å². The third-order valence-corrected chi connectivity index (χ3v) is 7.74. The zero-order valence-corrected chi connectivity index (χ0v) is 19.3. The number of rotatable bonds is 8. The predicted octanol–water partition coefficient (Wildman–Crippen LogP) is 3.00. The first-order valence-corrected chi connectivity index (χ1v) is 12.5. The van der Waals surface area contributed by atoms with E-state index in [0.717, 1.165) is 30.0 Å². The van der Waals surface area contributed by atoms with Gasteiger partial charge >= 0.3 is 0 Å². The molecule has 1 aliphatic rings. The van der Waals surface area contributed by atoms with Gasteiger partial charge in [0.15, 0.2) is 0 Å². The second kappa shape index (κ2) is 10.00. The first kappa shape index (κ1) is 22.9. The molecule has 1 amide bonds. The molecule has 0 radical (unpaired) electrons. The first-order chi connectivity index (χ1) is 14.3. The molecule has 0 spiro atoms. The molecule has 2 unspecified atom stereocenters. The quantitative estimate of drug-likeness (QED) is 0.624. The van der Waals surface area contributed by atoms with Crippen LogP contribution in [-0.4, -0.2) is 55.5 Å². The van der Waals surface area contributed by atoms with E-state index in [4.69, 9.17) is 4.74 Å². The van der Waals surface area contributed by atoms with E-state index in [1.807, 2.05) is 26.2 Å². The molecule has 3 rings (SSSR count). The molecule has 2 atom stereocenters. The number of ether oxygens (including phenoxy) is 1. The molecule has 30 heavy (non-hydrogen) atoms. The molecule has 1 aromatic heterocycles. The highest BCUT2D eigenvalue weighted by molar-refractivity contribution is 7.89. The molecule has 164 valence electrons. The summed E-state index contributed by atoms with van der Waals surface area (Å²) >= 11 is 1.66. The fourth-order valence-corrected chi connectivity index (χ4v) is 5.95. The molecule has 7 nitrogen and oxygen atoms in total. The van der Waals surface area contributed by atoms with Gasteiger partial charge in [0, 0.05) is 36.3 Å². The highest BCUT2D eigenvalue weighted by atomic mass is 32.2. The topological polar surface area (TPSA) is 88.6 Å². The minimum Gasteiger partial charge on any atom is -0.373 e. The molecule has 2 aromatic rings. The maximum absolute atomic E-state index is 13.0. The van der Waals surface area contributed by atoms with E-state index >= 15 is 0 Å². The number of hydrogen-bond acceptors (Lipinski definition) is 6. The largest absolute Gasteiger partial charge is 0.373 e. The van der Waals surface area contributed by atoms with Crippen molar-refractivity contribution >= 4 is 27.3 Å². The fourth-order valence-electron chi connectivity index (χ4n) is 3.50. The number of nitrogens with zero attached hydrogens (tertiary/aromatic N) is 2. The number of aromatic nitrogens is 1. The molecule has 1 aromatic carbocycles. The number of nitrogens with one attached hydrogen (secondary N) is 1. The van der Waals surface area contributed by atoms with Crippen LogP contribution < -0.4 is 5.32 Å². The van der Waals surface area contributed by atoms with Gasteiger partial charge in [-0.2, -0.15) is 4.31 Å². The summed E-state index contributed by atoms with van der Waals surface area (Å²) in [5.41, 5.74) is 1.39. The van der Waals surface area contributed by atoms with Crippen molar-refractivity contribution in [2.75, 3.05) is 19.6 Å². The van der Waals surface area contributed by atoms with Crippen LogP contribution in [-0.2, 0) is 21.2 Å². The first-order valence-electron chi connectivity index (χ1n) is 10.2. The van der Waals surface area contributed by atoms with E-state index in [1.54, 1.807) is 23.5 Å². The molecule has 1 fully saturated rings. The molecule has 0 aliphatic carbocycles. The summed E-state index contributed by atoms with van der Waals surface area (Å²) in [6.45, 7) is 6.85. The van der Waals surface area contributed by atoms with Gasteiger partial charge in [0.25, 0.3) is 5.91 Å². The number of sulfonamides is 1. The fraction of sp³-hybridized carbons (Fsp3) is 0.524. The second-order valence-corrected chi connectivity index (χ2v) is 10.6. The molecular weight excluding hydrogens is 422 g/mol. The summed E-state index contributed by atoms with van der Waals surface area (Å²) < 4.78 is 33.1. The summed E-state index contributed by atoms with van der Waals surface area (Å²) in [6.07, 6.45) is 2.35. The van der Waals surface area contributed by atoms with Gasteiger partial charge in [-0.15, -0.1) is 11.3 Å². The Morgan fingerprint density at radius 2 is 2.00 bits per heavy atom. The van der Waals surface area contributed by atoms with Crippen LogP contribution >= 0.6 is 11.3 Å². The average molecular weight is 452 g/mol. The van der Waals surface area contributed by atoms with E-state index in [2.05, 4.69) is 10.3 Å². The number of morpholine rings is 1. The lowest BCUT2D eigenvalue weighted by atomic mass is 10.2. The SMILES string of the molecule is Cc1csc(CCCCNC(=O)c2cccc(S(=O)(=O)N3CC(C)OC(C)C3)c2)n1. The summed E-state index contributed by atoms with van der Waals surface area (Å²) in [6, 6.07) is 6.23. The van der Waals surface area contributed by atoms with Gasteiger partial charge in [0.1, 0.15) is 0 Å². The Bertz CT molecular complexity index is 964. The third-order valence-electron chi connectivity index (χ3n) is 4.89. The summed E-state index contributed by atoms with van der Waals surface area (Å²) in [7, 11) is -3.67. The van der Waals surface area contributed by atoms with Crippen molar-refractivity contribution in [3.63, 3.8) is 0 Å². The van der Waals surface area contributed by atoms with Gasteiger partial charge in [0.05, 0.1) is 22.1 Å². The number of benzene rings is 1. The Hall–Kier alpha value is -1.81. The molecule has 0 saturated carbocycles. The number of unbranched alkanes of at least 4 members (excludes halogenated alkanes) is 1. The normalized spacial score (nSPS) is 20.2. The zero-order chi connectivity index (χ0) is 21.7. The van der Waals surface area contributed by atoms with Crippen LogP contribution in [0.15, 0.2) is 34.5 Å². The Labute approximate surface area is 182 Å². The van der Waals surface area contributed by atoms with Gasteiger partial charge < -0.3 is 10.1 Å².